The minimum absolute atomic E-state index is 0.103. The van der Waals surface area contributed by atoms with Crippen molar-refractivity contribution in [3.8, 4) is 5.75 Å². The minimum Gasteiger partial charge on any atom is -0.482 e. The molecule has 0 spiro atoms. The van der Waals surface area contributed by atoms with Crippen LogP contribution in [0.4, 0.5) is 0 Å². The lowest BCUT2D eigenvalue weighted by molar-refractivity contribution is -0.142. The van der Waals surface area contributed by atoms with E-state index < -0.39 is 11.4 Å². The fourth-order valence-electron chi connectivity index (χ4n) is 3.54. The Hall–Kier alpha value is -2.17. The number of esters is 1. The third-order valence-electron chi connectivity index (χ3n) is 5.38. The maximum atomic E-state index is 13.1. The Labute approximate surface area is 148 Å². The van der Waals surface area contributed by atoms with E-state index in [2.05, 4.69) is 4.74 Å². The van der Waals surface area contributed by atoms with Crippen molar-refractivity contribution in [2.75, 3.05) is 13.7 Å². The van der Waals surface area contributed by atoms with Gasteiger partial charge in [0.05, 0.1) is 7.11 Å². The molecule has 5 heteroatoms. The summed E-state index contributed by atoms with van der Waals surface area (Å²) >= 11 is 0. The molecular formula is C20H26O5. The van der Waals surface area contributed by atoms with E-state index >= 15 is 0 Å². The number of hydrogen-bond donors (Lipinski definition) is 0. The maximum Gasteiger partial charge on any atom is 0.343 e. The first kappa shape index (κ1) is 19.2. The first-order valence-corrected chi connectivity index (χ1v) is 8.62. The number of hydrogen-bond acceptors (Lipinski definition) is 5. The molecule has 1 atom stereocenters. The van der Waals surface area contributed by atoms with E-state index in [9.17, 15) is 14.4 Å². The molecule has 2 rings (SSSR count). The van der Waals surface area contributed by atoms with E-state index in [0.717, 1.165) is 22.3 Å². The number of benzene rings is 1. The third-order valence-corrected chi connectivity index (χ3v) is 5.38. The van der Waals surface area contributed by atoms with E-state index in [4.69, 9.17) is 4.74 Å². The number of carbonyl (C=O) groups excluding carboxylic acids is 3. The fraction of sp³-hybridized carbons (Fsp3) is 0.550. The highest BCUT2D eigenvalue weighted by Gasteiger charge is 2.45. The van der Waals surface area contributed by atoms with Gasteiger partial charge in [-0.1, -0.05) is 6.92 Å². The Morgan fingerprint density at radius 3 is 2.48 bits per heavy atom. The van der Waals surface area contributed by atoms with Crippen LogP contribution < -0.4 is 4.74 Å². The topological polar surface area (TPSA) is 69.7 Å². The SMILES string of the molecule is CCC1(CCC(C)=O)Cc2cc(OCC(=O)OC)c(C)c(C)c2C1=O. The smallest absolute Gasteiger partial charge is 0.343 e. The van der Waals surface area contributed by atoms with Gasteiger partial charge in [-0.25, -0.2) is 4.79 Å². The van der Waals surface area contributed by atoms with E-state index in [0.29, 0.717) is 31.4 Å². The highest BCUT2D eigenvalue weighted by molar-refractivity contribution is 6.06. The van der Waals surface area contributed by atoms with Crippen LogP contribution in [0.2, 0.25) is 0 Å². The monoisotopic (exact) mass is 346 g/mol. The van der Waals surface area contributed by atoms with Gasteiger partial charge in [-0.3, -0.25) is 4.79 Å². The fourth-order valence-corrected chi connectivity index (χ4v) is 3.54. The molecule has 0 fully saturated rings. The number of Topliss-reactive ketones (excluding diaryl/α,β-unsaturated/α-hetero) is 2. The molecule has 0 saturated heterocycles. The first-order chi connectivity index (χ1) is 11.8. The highest BCUT2D eigenvalue weighted by atomic mass is 16.6. The number of carbonyl (C=O) groups is 3. The van der Waals surface area contributed by atoms with Crippen LogP contribution >= 0.6 is 0 Å². The largest absolute Gasteiger partial charge is 0.482 e. The molecule has 1 aromatic carbocycles. The zero-order valence-electron chi connectivity index (χ0n) is 15.7. The molecule has 1 aromatic rings. The second-order valence-electron chi connectivity index (χ2n) is 6.87. The van der Waals surface area contributed by atoms with Crippen molar-refractivity contribution in [1.82, 2.24) is 0 Å². The summed E-state index contributed by atoms with van der Waals surface area (Å²) in [5.74, 6) is 0.392. The van der Waals surface area contributed by atoms with Gasteiger partial charge in [-0.2, -0.15) is 0 Å². The van der Waals surface area contributed by atoms with Crippen molar-refractivity contribution in [1.29, 1.82) is 0 Å². The lowest BCUT2D eigenvalue weighted by Crippen LogP contribution is -2.28. The zero-order valence-corrected chi connectivity index (χ0v) is 15.7. The molecule has 1 aliphatic carbocycles. The summed E-state index contributed by atoms with van der Waals surface area (Å²) in [5.41, 5.74) is 2.94. The maximum absolute atomic E-state index is 13.1. The minimum atomic E-state index is -0.508. The molecule has 0 heterocycles. The Bertz CT molecular complexity index is 719. The zero-order chi connectivity index (χ0) is 18.8. The summed E-state index contributed by atoms with van der Waals surface area (Å²) in [6.45, 7) is 7.20. The van der Waals surface area contributed by atoms with Crippen LogP contribution in [0.25, 0.3) is 0 Å². The van der Waals surface area contributed by atoms with E-state index in [1.165, 1.54) is 7.11 Å². The van der Waals surface area contributed by atoms with Crippen LogP contribution in [0.1, 0.15) is 60.2 Å². The highest BCUT2D eigenvalue weighted by Crippen LogP contribution is 2.46. The van der Waals surface area contributed by atoms with Crippen LogP contribution in [0.3, 0.4) is 0 Å². The van der Waals surface area contributed by atoms with Crippen LogP contribution in [0.5, 0.6) is 5.75 Å². The van der Waals surface area contributed by atoms with Gasteiger partial charge >= 0.3 is 5.97 Å². The summed E-state index contributed by atoms with van der Waals surface area (Å²) in [4.78, 5) is 35.9. The summed E-state index contributed by atoms with van der Waals surface area (Å²) in [5, 5.41) is 0. The quantitative estimate of drug-likeness (QED) is 0.708. The molecule has 136 valence electrons. The average Bonchev–Trinajstić information content (AvgIpc) is 2.87. The Morgan fingerprint density at radius 2 is 1.92 bits per heavy atom. The normalized spacial score (nSPS) is 18.8. The molecule has 0 bridgehead atoms. The molecule has 5 nitrogen and oxygen atoms in total. The Kier molecular flexibility index (Phi) is 5.65. The van der Waals surface area contributed by atoms with Gasteiger partial charge in [-0.05, 0) is 62.8 Å². The third kappa shape index (κ3) is 3.60. The molecule has 0 N–H and O–H groups in total. The van der Waals surface area contributed by atoms with Crippen LogP contribution in [-0.4, -0.2) is 31.3 Å². The summed E-state index contributed by atoms with van der Waals surface area (Å²) in [6.07, 6.45) is 2.30. The predicted molar refractivity (Wildman–Crippen MR) is 94.1 cm³/mol. The van der Waals surface area contributed by atoms with Gasteiger partial charge in [0.25, 0.3) is 0 Å². The van der Waals surface area contributed by atoms with Crippen molar-refractivity contribution >= 4 is 17.5 Å². The molecule has 0 amide bonds. The van der Waals surface area contributed by atoms with E-state index in [1.807, 2.05) is 26.8 Å². The lowest BCUT2D eigenvalue weighted by atomic mass is 9.76. The number of ether oxygens (including phenoxy) is 2. The Morgan fingerprint density at radius 1 is 1.24 bits per heavy atom. The van der Waals surface area contributed by atoms with Gasteiger partial charge < -0.3 is 14.3 Å². The summed E-state index contributed by atoms with van der Waals surface area (Å²) < 4.78 is 10.2. The molecule has 25 heavy (non-hydrogen) atoms. The molecule has 0 radical (unpaired) electrons. The lowest BCUT2D eigenvalue weighted by Gasteiger charge is -2.25. The second-order valence-corrected chi connectivity index (χ2v) is 6.87. The van der Waals surface area contributed by atoms with Crippen LogP contribution in [0.15, 0.2) is 6.07 Å². The van der Waals surface area contributed by atoms with Gasteiger partial charge in [0.2, 0.25) is 0 Å². The van der Waals surface area contributed by atoms with Crippen molar-refractivity contribution < 1.29 is 23.9 Å². The second kappa shape index (κ2) is 7.38. The number of ketones is 2. The molecule has 1 aliphatic rings. The van der Waals surface area contributed by atoms with Crippen molar-refractivity contribution in [2.24, 2.45) is 5.41 Å². The molecule has 0 saturated carbocycles. The summed E-state index contributed by atoms with van der Waals surface area (Å²) in [7, 11) is 1.32. The first-order valence-electron chi connectivity index (χ1n) is 8.62. The predicted octanol–water partition coefficient (Wildman–Crippen LogP) is 3.36. The number of methoxy groups -OCH3 is 1. The van der Waals surface area contributed by atoms with Gasteiger partial charge in [0.1, 0.15) is 11.5 Å². The van der Waals surface area contributed by atoms with Crippen molar-refractivity contribution in [3.05, 3.63) is 28.3 Å². The number of fused-ring (bicyclic) bond motifs is 1. The Balaban J connectivity index is 2.37. The molecule has 0 aliphatic heterocycles. The number of rotatable bonds is 7. The molecule has 1 unspecified atom stereocenters. The van der Waals surface area contributed by atoms with Gasteiger partial charge in [0, 0.05) is 17.4 Å². The standard InChI is InChI=1S/C20H26O5/c1-6-20(8-7-12(2)21)10-15-9-16(25-11-17(22)24-5)13(3)14(4)18(15)19(20)23/h9H,6-8,10-11H2,1-5H3. The summed E-state index contributed by atoms with van der Waals surface area (Å²) in [6, 6.07) is 1.86. The van der Waals surface area contributed by atoms with E-state index in [-0.39, 0.29) is 18.2 Å². The van der Waals surface area contributed by atoms with Crippen LogP contribution in [0, 0.1) is 19.3 Å². The molecule has 0 aromatic heterocycles. The molecular weight excluding hydrogens is 320 g/mol. The average molecular weight is 346 g/mol. The van der Waals surface area contributed by atoms with Crippen molar-refractivity contribution in [3.63, 3.8) is 0 Å². The van der Waals surface area contributed by atoms with Gasteiger partial charge in [0.15, 0.2) is 12.4 Å². The van der Waals surface area contributed by atoms with E-state index in [1.54, 1.807) is 6.92 Å². The van der Waals surface area contributed by atoms with Crippen LogP contribution in [-0.2, 0) is 20.7 Å². The van der Waals surface area contributed by atoms with Crippen molar-refractivity contribution in [2.45, 2.75) is 53.4 Å². The van der Waals surface area contributed by atoms with Gasteiger partial charge in [-0.15, -0.1) is 0 Å².